The molecule has 0 saturated carbocycles. The van der Waals surface area contributed by atoms with E-state index in [4.69, 9.17) is 5.73 Å². The molecule has 0 bridgehead atoms. The van der Waals surface area contributed by atoms with Gasteiger partial charge in [0.25, 0.3) is 0 Å². The molecule has 4 nitrogen and oxygen atoms in total. The molecular formula is C15H23N3O. The van der Waals surface area contributed by atoms with Crippen LogP contribution >= 0.6 is 0 Å². The Hall–Kier alpha value is -1.55. The summed E-state index contributed by atoms with van der Waals surface area (Å²) in [5.74, 6) is 0. The van der Waals surface area contributed by atoms with Crippen LogP contribution < -0.4 is 11.1 Å². The first kappa shape index (κ1) is 13.9. The van der Waals surface area contributed by atoms with Crippen molar-refractivity contribution in [2.45, 2.75) is 38.8 Å². The first-order chi connectivity index (χ1) is 8.94. The first-order valence-corrected chi connectivity index (χ1v) is 6.79. The quantitative estimate of drug-likeness (QED) is 0.873. The number of amides is 2. The number of hydrogen-bond acceptors (Lipinski definition) is 2. The Labute approximate surface area is 115 Å². The van der Waals surface area contributed by atoms with Crippen LogP contribution in [0.3, 0.4) is 0 Å². The third-order valence-corrected chi connectivity index (χ3v) is 3.84. The maximum atomic E-state index is 12.1. The van der Waals surface area contributed by atoms with Crippen molar-refractivity contribution in [2.75, 3.05) is 13.1 Å². The summed E-state index contributed by atoms with van der Waals surface area (Å²) in [6, 6.07) is 8.37. The van der Waals surface area contributed by atoms with Crippen molar-refractivity contribution in [1.82, 2.24) is 10.2 Å². The number of benzene rings is 1. The van der Waals surface area contributed by atoms with E-state index in [1.807, 2.05) is 11.0 Å². The van der Waals surface area contributed by atoms with Gasteiger partial charge >= 0.3 is 6.03 Å². The van der Waals surface area contributed by atoms with E-state index >= 15 is 0 Å². The zero-order valence-electron chi connectivity index (χ0n) is 11.9. The predicted molar refractivity (Wildman–Crippen MR) is 76.9 cm³/mol. The molecule has 1 unspecified atom stereocenters. The highest BCUT2D eigenvalue weighted by molar-refractivity contribution is 5.78. The lowest BCUT2D eigenvalue weighted by Gasteiger charge is -2.34. The molecule has 1 atom stereocenters. The van der Waals surface area contributed by atoms with E-state index in [0.717, 1.165) is 6.42 Å². The van der Waals surface area contributed by atoms with E-state index < -0.39 is 0 Å². The minimum absolute atomic E-state index is 0.00459. The van der Waals surface area contributed by atoms with Crippen LogP contribution in [0, 0.1) is 6.92 Å². The Bertz CT molecular complexity index is 470. The van der Waals surface area contributed by atoms with Crippen molar-refractivity contribution in [3.63, 3.8) is 0 Å². The molecular weight excluding hydrogens is 238 g/mol. The summed E-state index contributed by atoms with van der Waals surface area (Å²) in [6.45, 7) is 7.49. The summed E-state index contributed by atoms with van der Waals surface area (Å²) in [4.78, 5) is 14.0. The molecule has 104 valence electrons. The minimum Gasteiger partial charge on any atom is -0.330 e. The summed E-state index contributed by atoms with van der Waals surface area (Å²) in [5.41, 5.74) is 7.82. The smallest absolute Gasteiger partial charge is 0.318 e. The van der Waals surface area contributed by atoms with Gasteiger partial charge in [-0.25, -0.2) is 4.79 Å². The Morgan fingerprint density at radius 3 is 2.84 bits per heavy atom. The molecule has 1 heterocycles. The lowest BCUT2D eigenvalue weighted by Crippen LogP contribution is -2.46. The number of nitrogens with one attached hydrogen (secondary N) is 1. The van der Waals surface area contributed by atoms with Crippen LogP contribution in [0.5, 0.6) is 0 Å². The normalized spacial score (nSPS) is 19.7. The fourth-order valence-corrected chi connectivity index (χ4v) is 2.62. The van der Waals surface area contributed by atoms with Crippen molar-refractivity contribution in [3.8, 4) is 0 Å². The van der Waals surface area contributed by atoms with Crippen LogP contribution in [0.15, 0.2) is 24.3 Å². The molecule has 2 rings (SSSR count). The Kier molecular flexibility index (Phi) is 3.80. The fraction of sp³-hybridized carbons (Fsp3) is 0.533. The fourth-order valence-electron chi connectivity index (χ4n) is 2.62. The number of nitrogens with zero attached hydrogens (tertiary/aromatic N) is 1. The van der Waals surface area contributed by atoms with Crippen molar-refractivity contribution in [1.29, 1.82) is 0 Å². The third kappa shape index (κ3) is 2.89. The molecule has 19 heavy (non-hydrogen) atoms. The van der Waals surface area contributed by atoms with Gasteiger partial charge < -0.3 is 16.0 Å². The molecule has 0 aliphatic carbocycles. The predicted octanol–water partition coefficient (Wildman–Crippen LogP) is 2.19. The number of urea groups is 1. The summed E-state index contributed by atoms with van der Waals surface area (Å²) >= 11 is 0. The molecule has 1 aliphatic rings. The van der Waals surface area contributed by atoms with Gasteiger partial charge in [-0.1, -0.05) is 29.8 Å². The minimum atomic E-state index is -0.197. The Balaban J connectivity index is 2.15. The number of hydrogen-bond donors (Lipinski definition) is 2. The van der Waals surface area contributed by atoms with Gasteiger partial charge in [-0.05, 0) is 39.3 Å². The van der Waals surface area contributed by atoms with Gasteiger partial charge in [0, 0.05) is 12.1 Å². The van der Waals surface area contributed by atoms with Crippen LogP contribution in [-0.4, -0.2) is 29.6 Å². The van der Waals surface area contributed by atoms with Crippen LogP contribution in [0.2, 0.25) is 0 Å². The number of rotatable bonds is 4. The van der Waals surface area contributed by atoms with Crippen LogP contribution in [0.25, 0.3) is 0 Å². The zero-order valence-corrected chi connectivity index (χ0v) is 11.9. The Morgan fingerprint density at radius 1 is 1.47 bits per heavy atom. The molecule has 1 aromatic carbocycles. The second kappa shape index (κ2) is 5.21. The monoisotopic (exact) mass is 261 g/mol. The van der Waals surface area contributed by atoms with Gasteiger partial charge in [0.05, 0.1) is 6.04 Å². The van der Waals surface area contributed by atoms with E-state index in [0.29, 0.717) is 13.1 Å². The molecule has 1 saturated heterocycles. The van der Waals surface area contributed by atoms with E-state index in [1.54, 1.807) is 0 Å². The van der Waals surface area contributed by atoms with E-state index in [1.165, 1.54) is 11.1 Å². The molecule has 2 amide bonds. The number of aryl methyl sites for hydroxylation is 1. The molecule has 3 N–H and O–H groups in total. The topological polar surface area (TPSA) is 58.4 Å². The van der Waals surface area contributed by atoms with Gasteiger partial charge in [-0.3, -0.25) is 0 Å². The number of carbonyl (C=O) groups excluding carboxylic acids is 1. The Morgan fingerprint density at radius 2 is 2.21 bits per heavy atom. The SMILES string of the molecule is Cc1cccc(C2CN(C(C)(C)CCN)C(=O)N2)c1. The van der Waals surface area contributed by atoms with Gasteiger partial charge in [-0.2, -0.15) is 0 Å². The standard InChI is InChI=1S/C15H23N3O/c1-11-5-4-6-12(9-11)13-10-18(14(19)17-13)15(2,3)7-8-16/h4-6,9,13H,7-8,10,16H2,1-3H3,(H,17,19). The third-order valence-electron chi connectivity index (χ3n) is 3.84. The maximum absolute atomic E-state index is 12.1. The molecule has 0 radical (unpaired) electrons. The molecule has 0 spiro atoms. The van der Waals surface area contributed by atoms with Gasteiger partial charge in [0.2, 0.25) is 0 Å². The second-order valence-electron chi connectivity index (χ2n) is 5.88. The van der Waals surface area contributed by atoms with Crippen molar-refractivity contribution < 1.29 is 4.79 Å². The summed E-state index contributed by atoms with van der Waals surface area (Å²) in [5, 5.41) is 3.06. The van der Waals surface area contributed by atoms with Crippen molar-refractivity contribution in [2.24, 2.45) is 5.73 Å². The van der Waals surface area contributed by atoms with E-state index in [-0.39, 0.29) is 17.6 Å². The summed E-state index contributed by atoms with van der Waals surface area (Å²) in [7, 11) is 0. The van der Waals surface area contributed by atoms with Crippen molar-refractivity contribution >= 4 is 6.03 Å². The highest BCUT2D eigenvalue weighted by Gasteiger charge is 2.38. The highest BCUT2D eigenvalue weighted by Crippen LogP contribution is 2.28. The van der Waals surface area contributed by atoms with E-state index in [9.17, 15) is 4.79 Å². The zero-order chi connectivity index (χ0) is 14.0. The lowest BCUT2D eigenvalue weighted by atomic mass is 9.97. The highest BCUT2D eigenvalue weighted by atomic mass is 16.2. The number of carbonyl (C=O) groups is 1. The van der Waals surface area contributed by atoms with Crippen LogP contribution in [-0.2, 0) is 0 Å². The molecule has 4 heteroatoms. The van der Waals surface area contributed by atoms with Gasteiger partial charge in [0.15, 0.2) is 0 Å². The van der Waals surface area contributed by atoms with Crippen LogP contribution in [0.4, 0.5) is 4.79 Å². The molecule has 1 fully saturated rings. The number of nitrogens with two attached hydrogens (primary N) is 1. The summed E-state index contributed by atoms with van der Waals surface area (Å²) < 4.78 is 0. The average Bonchev–Trinajstić information content (AvgIpc) is 2.72. The second-order valence-corrected chi connectivity index (χ2v) is 5.88. The van der Waals surface area contributed by atoms with E-state index in [2.05, 4.69) is 44.3 Å². The van der Waals surface area contributed by atoms with Gasteiger partial charge in [0.1, 0.15) is 0 Å². The van der Waals surface area contributed by atoms with Crippen LogP contribution in [0.1, 0.15) is 37.4 Å². The maximum Gasteiger partial charge on any atom is 0.318 e. The molecule has 0 aromatic heterocycles. The lowest BCUT2D eigenvalue weighted by molar-refractivity contribution is 0.153. The summed E-state index contributed by atoms with van der Waals surface area (Å²) in [6.07, 6.45) is 0.807. The van der Waals surface area contributed by atoms with Gasteiger partial charge in [-0.15, -0.1) is 0 Å². The average molecular weight is 261 g/mol. The first-order valence-electron chi connectivity index (χ1n) is 6.79. The molecule has 1 aliphatic heterocycles. The van der Waals surface area contributed by atoms with Crippen molar-refractivity contribution in [3.05, 3.63) is 35.4 Å². The largest absolute Gasteiger partial charge is 0.330 e. The molecule has 1 aromatic rings.